The number of ether oxygens (including phenoxy) is 1. The average Bonchev–Trinajstić information content (AvgIpc) is 3.25. The molecule has 0 amide bonds. The lowest BCUT2D eigenvalue weighted by molar-refractivity contribution is 0.0697. The molecule has 4 rings (SSSR count). The largest absolute Gasteiger partial charge is 0.478 e. The van der Waals surface area contributed by atoms with E-state index < -0.39 is 16.0 Å². The minimum atomic E-state index is -3.48. The lowest BCUT2D eigenvalue weighted by Gasteiger charge is -2.35. The van der Waals surface area contributed by atoms with Crippen molar-refractivity contribution in [1.82, 2.24) is 0 Å². The van der Waals surface area contributed by atoms with Gasteiger partial charge in [0.15, 0.2) is 0 Å². The highest BCUT2D eigenvalue weighted by atomic mass is 32.2. The minimum absolute atomic E-state index is 0.0782. The van der Waals surface area contributed by atoms with Gasteiger partial charge in [0.05, 0.1) is 29.3 Å². The van der Waals surface area contributed by atoms with Crippen molar-refractivity contribution in [3.63, 3.8) is 0 Å². The van der Waals surface area contributed by atoms with Crippen LogP contribution in [-0.2, 0) is 21.2 Å². The molecule has 0 aromatic heterocycles. The molecular formula is C19H26N2O5S. The standard InChI is InChI=1S/C19H26N2O5S/c1-26-10-11-27(24,25)21-7-2-14-12-15(18(22)23)17(13-16(14)21)20-8-5-19(3-4-19)6-9-20/h12-13H,2-11H2,1H3,(H,22,23). The van der Waals surface area contributed by atoms with E-state index in [1.165, 1.54) is 24.3 Å². The van der Waals surface area contributed by atoms with Gasteiger partial charge in [0, 0.05) is 26.7 Å². The molecule has 1 spiro atoms. The van der Waals surface area contributed by atoms with E-state index in [2.05, 4.69) is 4.90 Å². The summed E-state index contributed by atoms with van der Waals surface area (Å²) in [6, 6.07) is 3.45. The second kappa shape index (κ2) is 6.67. The molecule has 1 aromatic rings. The molecule has 8 heteroatoms. The van der Waals surface area contributed by atoms with E-state index in [1.807, 2.05) is 0 Å². The summed E-state index contributed by atoms with van der Waals surface area (Å²) in [5.41, 5.74) is 2.82. The summed E-state index contributed by atoms with van der Waals surface area (Å²) in [6.45, 7) is 2.15. The lowest BCUT2D eigenvalue weighted by Crippen LogP contribution is -2.36. The van der Waals surface area contributed by atoms with E-state index in [9.17, 15) is 18.3 Å². The monoisotopic (exact) mass is 394 g/mol. The molecule has 1 aliphatic carbocycles. The Morgan fingerprint density at radius 2 is 1.85 bits per heavy atom. The third-order valence-electron chi connectivity index (χ3n) is 6.28. The first kappa shape index (κ1) is 18.6. The van der Waals surface area contributed by atoms with E-state index in [4.69, 9.17) is 4.74 Å². The van der Waals surface area contributed by atoms with Crippen LogP contribution in [0.1, 0.15) is 41.6 Å². The zero-order chi connectivity index (χ0) is 19.2. The van der Waals surface area contributed by atoms with Crippen molar-refractivity contribution in [2.75, 3.05) is 48.3 Å². The molecule has 3 aliphatic rings. The van der Waals surface area contributed by atoms with Gasteiger partial charge in [-0.2, -0.15) is 0 Å². The van der Waals surface area contributed by atoms with Crippen LogP contribution in [0.5, 0.6) is 0 Å². The Kier molecular flexibility index (Phi) is 4.58. The number of hydrogen-bond acceptors (Lipinski definition) is 5. The number of anilines is 2. The molecule has 2 aliphatic heterocycles. The Bertz CT molecular complexity index is 853. The number of nitrogens with zero attached hydrogens (tertiary/aromatic N) is 2. The summed E-state index contributed by atoms with van der Waals surface area (Å²) in [4.78, 5) is 14.0. The van der Waals surface area contributed by atoms with Crippen LogP contribution in [0, 0.1) is 5.41 Å². The molecule has 7 nitrogen and oxygen atoms in total. The van der Waals surface area contributed by atoms with Gasteiger partial charge in [0.25, 0.3) is 0 Å². The van der Waals surface area contributed by atoms with Crippen LogP contribution < -0.4 is 9.21 Å². The van der Waals surface area contributed by atoms with Gasteiger partial charge in [0.2, 0.25) is 10.0 Å². The number of hydrogen-bond donors (Lipinski definition) is 1. The molecule has 27 heavy (non-hydrogen) atoms. The summed E-state index contributed by atoms with van der Waals surface area (Å²) in [5, 5.41) is 9.71. The lowest BCUT2D eigenvalue weighted by atomic mass is 9.92. The quantitative estimate of drug-likeness (QED) is 0.795. The van der Waals surface area contributed by atoms with Crippen molar-refractivity contribution >= 4 is 27.4 Å². The summed E-state index contributed by atoms with van der Waals surface area (Å²) < 4.78 is 31.7. The predicted octanol–water partition coefficient (Wildman–Crippen LogP) is 2.10. The van der Waals surface area contributed by atoms with E-state index in [1.54, 1.807) is 12.1 Å². The number of fused-ring (bicyclic) bond motifs is 1. The van der Waals surface area contributed by atoms with Crippen LogP contribution in [0.25, 0.3) is 0 Å². The number of carboxylic acids is 1. The second-order valence-corrected chi connectivity index (χ2v) is 9.93. The molecule has 0 radical (unpaired) electrons. The maximum Gasteiger partial charge on any atom is 0.337 e. The number of methoxy groups -OCH3 is 1. The molecule has 2 fully saturated rings. The number of carbonyl (C=O) groups is 1. The molecule has 0 bridgehead atoms. The van der Waals surface area contributed by atoms with Crippen LogP contribution in [0.15, 0.2) is 12.1 Å². The Morgan fingerprint density at radius 1 is 1.15 bits per heavy atom. The maximum atomic E-state index is 12.7. The average molecular weight is 394 g/mol. The Labute approximate surface area is 160 Å². The highest BCUT2D eigenvalue weighted by Crippen LogP contribution is 2.54. The number of sulfonamides is 1. The molecule has 2 heterocycles. The second-order valence-electron chi connectivity index (χ2n) is 7.92. The first-order valence-corrected chi connectivity index (χ1v) is 11.1. The molecule has 1 aromatic carbocycles. The van der Waals surface area contributed by atoms with Crippen molar-refractivity contribution in [3.8, 4) is 0 Å². The van der Waals surface area contributed by atoms with E-state index in [0.717, 1.165) is 31.5 Å². The molecule has 148 valence electrons. The molecule has 0 unspecified atom stereocenters. The van der Waals surface area contributed by atoms with Crippen molar-refractivity contribution < 1.29 is 23.1 Å². The number of carboxylic acid groups (broad SMARTS) is 1. The predicted molar refractivity (Wildman–Crippen MR) is 103 cm³/mol. The van der Waals surface area contributed by atoms with Crippen LogP contribution >= 0.6 is 0 Å². The van der Waals surface area contributed by atoms with Gasteiger partial charge in [-0.25, -0.2) is 13.2 Å². The Morgan fingerprint density at radius 3 is 2.44 bits per heavy atom. The zero-order valence-corrected chi connectivity index (χ0v) is 16.4. The summed E-state index contributed by atoms with van der Waals surface area (Å²) in [7, 11) is -2.00. The summed E-state index contributed by atoms with van der Waals surface area (Å²) in [5.74, 6) is -1.04. The SMILES string of the molecule is COCCS(=O)(=O)N1CCc2cc(C(=O)O)c(N3CCC4(CC3)CC4)cc21. The molecular weight excluding hydrogens is 368 g/mol. The van der Waals surface area contributed by atoms with Gasteiger partial charge in [0.1, 0.15) is 0 Å². The van der Waals surface area contributed by atoms with E-state index in [0.29, 0.717) is 29.8 Å². The third-order valence-corrected chi connectivity index (χ3v) is 8.02. The minimum Gasteiger partial charge on any atom is -0.478 e. The van der Waals surface area contributed by atoms with E-state index >= 15 is 0 Å². The maximum absolute atomic E-state index is 12.7. The number of rotatable bonds is 6. The van der Waals surface area contributed by atoms with Crippen LogP contribution in [0.4, 0.5) is 11.4 Å². The van der Waals surface area contributed by atoms with Crippen LogP contribution in [0.2, 0.25) is 0 Å². The summed E-state index contributed by atoms with van der Waals surface area (Å²) >= 11 is 0. The zero-order valence-electron chi connectivity index (χ0n) is 15.6. The van der Waals surface area contributed by atoms with Crippen LogP contribution in [-0.4, -0.2) is 58.6 Å². The van der Waals surface area contributed by atoms with Crippen molar-refractivity contribution in [3.05, 3.63) is 23.3 Å². The topological polar surface area (TPSA) is 87.2 Å². The fourth-order valence-electron chi connectivity index (χ4n) is 4.32. The van der Waals surface area contributed by atoms with Gasteiger partial charge >= 0.3 is 5.97 Å². The van der Waals surface area contributed by atoms with Crippen molar-refractivity contribution in [2.24, 2.45) is 5.41 Å². The molecule has 0 atom stereocenters. The number of piperidine rings is 1. The van der Waals surface area contributed by atoms with Gasteiger partial charge in [-0.15, -0.1) is 0 Å². The number of aromatic carboxylic acids is 1. The Balaban J connectivity index is 1.67. The van der Waals surface area contributed by atoms with Gasteiger partial charge in [-0.3, -0.25) is 4.31 Å². The molecule has 1 saturated heterocycles. The fourth-order valence-corrected chi connectivity index (χ4v) is 5.75. The third kappa shape index (κ3) is 3.40. The smallest absolute Gasteiger partial charge is 0.337 e. The first-order chi connectivity index (χ1) is 12.9. The summed E-state index contributed by atoms with van der Waals surface area (Å²) in [6.07, 6.45) is 5.26. The molecule has 1 saturated carbocycles. The van der Waals surface area contributed by atoms with Crippen molar-refractivity contribution in [2.45, 2.75) is 32.1 Å². The number of benzene rings is 1. The van der Waals surface area contributed by atoms with Crippen molar-refractivity contribution in [1.29, 1.82) is 0 Å². The highest BCUT2D eigenvalue weighted by molar-refractivity contribution is 7.92. The van der Waals surface area contributed by atoms with E-state index in [-0.39, 0.29) is 17.9 Å². The normalized spacial score (nSPS) is 20.8. The van der Waals surface area contributed by atoms with Gasteiger partial charge in [-0.1, -0.05) is 0 Å². The fraction of sp³-hybridized carbons (Fsp3) is 0.632. The Hall–Kier alpha value is -1.80. The van der Waals surface area contributed by atoms with Crippen LogP contribution in [0.3, 0.4) is 0 Å². The van der Waals surface area contributed by atoms with Gasteiger partial charge in [-0.05, 0) is 55.2 Å². The highest BCUT2D eigenvalue weighted by Gasteiger charge is 2.45. The first-order valence-electron chi connectivity index (χ1n) is 9.50. The van der Waals surface area contributed by atoms with Gasteiger partial charge < -0.3 is 14.7 Å². The molecule has 1 N–H and O–H groups in total.